The minimum absolute atomic E-state index is 0.0552. The molecular formula is C28H27N3O7S2. The molecule has 2 heterocycles. The van der Waals surface area contributed by atoms with Crippen molar-refractivity contribution in [3.63, 3.8) is 0 Å². The van der Waals surface area contributed by atoms with Crippen LogP contribution in [-0.4, -0.2) is 51.2 Å². The standard InChI is InChI=1S/C28H27N3O7S2/c1-3-31(20-8-6-5-7-9-20)40(34,35)21-12-10-19(11-13-21)27(33)29-28-30(18-26(32)36-4-2)22-16-23-24(17-25(22)39-28)38-15-14-37-23/h5-13,16-17H,3-4,14-15,18H2,1-2H3. The van der Waals surface area contributed by atoms with Crippen molar-refractivity contribution < 1.29 is 32.2 Å². The van der Waals surface area contributed by atoms with E-state index in [0.29, 0.717) is 35.9 Å². The molecule has 4 aromatic rings. The van der Waals surface area contributed by atoms with Crippen LogP contribution in [0.3, 0.4) is 0 Å². The van der Waals surface area contributed by atoms with Gasteiger partial charge >= 0.3 is 5.97 Å². The first-order valence-corrected chi connectivity index (χ1v) is 14.9. The number of ether oxygens (including phenoxy) is 3. The summed E-state index contributed by atoms with van der Waals surface area (Å²) in [4.78, 5) is 30.2. The first kappa shape index (κ1) is 27.4. The van der Waals surface area contributed by atoms with E-state index in [4.69, 9.17) is 14.2 Å². The highest BCUT2D eigenvalue weighted by molar-refractivity contribution is 7.92. The summed E-state index contributed by atoms with van der Waals surface area (Å²) in [6.45, 7) is 4.62. The van der Waals surface area contributed by atoms with E-state index in [1.165, 1.54) is 39.9 Å². The van der Waals surface area contributed by atoms with Gasteiger partial charge in [0.2, 0.25) is 0 Å². The number of para-hydroxylation sites is 1. The molecule has 0 atom stereocenters. The first-order chi connectivity index (χ1) is 19.3. The topological polar surface area (TPSA) is 117 Å². The number of nitrogens with zero attached hydrogens (tertiary/aromatic N) is 3. The summed E-state index contributed by atoms with van der Waals surface area (Å²) in [5.74, 6) is 0.0651. The van der Waals surface area contributed by atoms with Gasteiger partial charge in [-0.3, -0.25) is 13.9 Å². The number of carbonyl (C=O) groups is 2. The van der Waals surface area contributed by atoms with Gasteiger partial charge in [0.25, 0.3) is 15.9 Å². The van der Waals surface area contributed by atoms with Crippen molar-refractivity contribution in [2.45, 2.75) is 25.3 Å². The Morgan fingerprint density at radius 3 is 2.33 bits per heavy atom. The van der Waals surface area contributed by atoms with Gasteiger partial charge in [-0.15, -0.1) is 0 Å². The summed E-state index contributed by atoms with van der Waals surface area (Å²) in [5.41, 5.74) is 1.40. The van der Waals surface area contributed by atoms with E-state index in [2.05, 4.69) is 4.99 Å². The Hall–Kier alpha value is -4.16. The third-order valence-electron chi connectivity index (χ3n) is 6.16. The number of amides is 1. The van der Waals surface area contributed by atoms with E-state index in [0.717, 1.165) is 4.70 Å². The van der Waals surface area contributed by atoms with Crippen molar-refractivity contribution >= 4 is 49.1 Å². The first-order valence-electron chi connectivity index (χ1n) is 12.7. The van der Waals surface area contributed by atoms with Crippen molar-refractivity contribution in [2.24, 2.45) is 4.99 Å². The summed E-state index contributed by atoms with van der Waals surface area (Å²) >= 11 is 1.22. The minimum atomic E-state index is -3.84. The second-order valence-electron chi connectivity index (χ2n) is 8.69. The number of carbonyl (C=O) groups excluding carboxylic acids is 2. The fraction of sp³-hybridized carbons (Fsp3) is 0.250. The molecule has 1 amide bonds. The van der Waals surface area contributed by atoms with Crippen molar-refractivity contribution in [2.75, 3.05) is 30.7 Å². The third-order valence-corrected chi connectivity index (χ3v) is 9.12. The zero-order valence-corrected chi connectivity index (χ0v) is 23.5. The minimum Gasteiger partial charge on any atom is -0.486 e. The molecule has 1 aliphatic heterocycles. The van der Waals surface area contributed by atoms with Crippen LogP contribution < -0.4 is 18.6 Å². The highest BCUT2D eigenvalue weighted by Gasteiger charge is 2.24. The number of esters is 1. The lowest BCUT2D eigenvalue weighted by atomic mass is 10.2. The Kier molecular flexibility index (Phi) is 7.90. The molecule has 0 unspecified atom stereocenters. The van der Waals surface area contributed by atoms with Gasteiger partial charge < -0.3 is 18.8 Å². The molecule has 0 bridgehead atoms. The summed E-state index contributed by atoms with van der Waals surface area (Å²) < 4.78 is 46.7. The highest BCUT2D eigenvalue weighted by atomic mass is 32.2. The average Bonchev–Trinajstić information content (AvgIpc) is 3.27. The molecule has 1 aromatic heterocycles. The number of anilines is 1. The lowest BCUT2D eigenvalue weighted by Crippen LogP contribution is -2.30. The van der Waals surface area contributed by atoms with Crippen LogP contribution >= 0.6 is 11.3 Å². The maximum absolute atomic E-state index is 13.3. The number of hydrogen-bond donors (Lipinski definition) is 0. The molecule has 0 saturated carbocycles. The Balaban J connectivity index is 1.49. The number of benzene rings is 3. The summed E-state index contributed by atoms with van der Waals surface area (Å²) in [6, 6.07) is 18.0. The third kappa shape index (κ3) is 5.45. The van der Waals surface area contributed by atoms with Crippen LogP contribution in [0, 0.1) is 0 Å². The van der Waals surface area contributed by atoms with Crippen LogP contribution in [0.4, 0.5) is 5.69 Å². The number of hydrogen-bond acceptors (Lipinski definition) is 8. The predicted molar refractivity (Wildman–Crippen MR) is 150 cm³/mol. The number of thiazole rings is 1. The molecule has 3 aromatic carbocycles. The van der Waals surface area contributed by atoms with Crippen LogP contribution in [0.15, 0.2) is 76.6 Å². The number of fused-ring (bicyclic) bond motifs is 2. The van der Waals surface area contributed by atoms with Gasteiger partial charge in [-0.2, -0.15) is 4.99 Å². The highest BCUT2D eigenvalue weighted by Crippen LogP contribution is 2.35. The van der Waals surface area contributed by atoms with Crippen LogP contribution in [-0.2, 0) is 26.1 Å². The molecule has 0 radical (unpaired) electrons. The van der Waals surface area contributed by atoms with E-state index < -0.39 is 21.9 Å². The van der Waals surface area contributed by atoms with Crippen molar-refractivity contribution in [3.8, 4) is 11.5 Å². The van der Waals surface area contributed by atoms with Crippen molar-refractivity contribution in [1.29, 1.82) is 0 Å². The maximum Gasteiger partial charge on any atom is 0.326 e. The van der Waals surface area contributed by atoms with E-state index in [-0.39, 0.29) is 35.0 Å². The second kappa shape index (κ2) is 11.5. The maximum atomic E-state index is 13.3. The molecule has 40 heavy (non-hydrogen) atoms. The van der Waals surface area contributed by atoms with E-state index >= 15 is 0 Å². The molecule has 0 saturated heterocycles. The van der Waals surface area contributed by atoms with Crippen molar-refractivity contribution in [3.05, 3.63) is 77.1 Å². The molecule has 0 N–H and O–H groups in total. The van der Waals surface area contributed by atoms with Gasteiger partial charge in [0.15, 0.2) is 16.3 Å². The molecular weight excluding hydrogens is 554 g/mol. The zero-order chi connectivity index (χ0) is 28.3. The van der Waals surface area contributed by atoms with Gasteiger partial charge in [0.05, 0.1) is 27.4 Å². The Morgan fingerprint density at radius 2 is 1.68 bits per heavy atom. The van der Waals surface area contributed by atoms with Crippen LogP contribution in [0.25, 0.3) is 10.2 Å². The largest absolute Gasteiger partial charge is 0.486 e. The second-order valence-corrected chi connectivity index (χ2v) is 11.6. The summed E-state index contributed by atoms with van der Waals surface area (Å²) in [6.07, 6.45) is 0. The molecule has 12 heteroatoms. The fourth-order valence-corrected chi connectivity index (χ4v) is 6.83. The van der Waals surface area contributed by atoms with Gasteiger partial charge in [0, 0.05) is 24.2 Å². The molecule has 208 valence electrons. The van der Waals surface area contributed by atoms with Gasteiger partial charge in [-0.1, -0.05) is 29.5 Å². The molecule has 1 aliphatic rings. The van der Waals surface area contributed by atoms with Crippen LogP contribution in [0.1, 0.15) is 24.2 Å². The monoisotopic (exact) mass is 581 g/mol. The van der Waals surface area contributed by atoms with Crippen molar-refractivity contribution in [1.82, 2.24) is 4.57 Å². The lowest BCUT2D eigenvalue weighted by Gasteiger charge is -2.22. The quantitative estimate of drug-likeness (QED) is 0.289. The molecule has 0 spiro atoms. The molecule has 10 nitrogen and oxygen atoms in total. The van der Waals surface area contributed by atoms with E-state index in [9.17, 15) is 18.0 Å². The Morgan fingerprint density at radius 1 is 1.00 bits per heavy atom. The fourth-order valence-electron chi connectivity index (χ4n) is 4.31. The smallest absolute Gasteiger partial charge is 0.326 e. The van der Waals surface area contributed by atoms with Gasteiger partial charge in [-0.05, 0) is 50.2 Å². The number of rotatable bonds is 8. The van der Waals surface area contributed by atoms with Gasteiger partial charge in [-0.25, -0.2) is 8.42 Å². The summed E-state index contributed by atoms with van der Waals surface area (Å²) in [5, 5.41) is 0. The predicted octanol–water partition coefficient (Wildman–Crippen LogP) is 3.99. The van der Waals surface area contributed by atoms with Crippen LogP contribution in [0.5, 0.6) is 11.5 Å². The Labute approximate surface area is 235 Å². The van der Waals surface area contributed by atoms with Gasteiger partial charge in [0.1, 0.15) is 19.8 Å². The number of sulfonamides is 1. The van der Waals surface area contributed by atoms with E-state index in [1.807, 2.05) is 6.07 Å². The molecule has 0 aliphatic carbocycles. The van der Waals surface area contributed by atoms with E-state index in [1.54, 1.807) is 54.8 Å². The number of aromatic nitrogens is 1. The zero-order valence-electron chi connectivity index (χ0n) is 21.9. The lowest BCUT2D eigenvalue weighted by molar-refractivity contribution is -0.143. The average molecular weight is 582 g/mol. The van der Waals surface area contributed by atoms with Crippen LogP contribution in [0.2, 0.25) is 0 Å². The molecule has 5 rings (SSSR count). The Bertz CT molecular complexity index is 1730. The summed E-state index contributed by atoms with van der Waals surface area (Å²) in [7, 11) is -3.84. The normalized spacial score (nSPS) is 13.3. The molecule has 0 fully saturated rings. The SMILES string of the molecule is CCOC(=O)Cn1c(=NC(=O)c2ccc(S(=O)(=O)N(CC)c3ccccc3)cc2)sc2cc3c(cc21)OCCO3.